The minimum Gasteiger partial charge on any atom is -0.493 e. The Bertz CT molecular complexity index is 1120. The number of hydrogen-bond donors (Lipinski definition) is 0. The molecule has 3 rings (SSSR count). The molecule has 7 heteroatoms. The SMILES string of the molecule is C=S(C)(=O)Oc1cc(N(C)c2cc(=O)oc3ccccc23)ccc1OC. The fraction of sp³-hybridized carbons (Fsp3) is 0.158. The second-order valence-electron chi connectivity index (χ2n) is 5.85. The van der Waals surface area contributed by atoms with Crippen LogP contribution in [0, 0.1) is 0 Å². The Hall–Kier alpha value is -2.93. The maximum absolute atomic E-state index is 11.9. The quantitative estimate of drug-likeness (QED) is 0.505. The summed E-state index contributed by atoms with van der Waals surface area (Å²) in [7, 11) is 0.600. The molecule has 0 spiro atoms. The fourth-order valence-electron chi connectivity index (χ4n) is 2.64. The van der Waals surface area contributed by atoms with Crippen molar-refractivity contribution in [1.82, 2.24) is 0 Å². The molecule has 1 aromatic heterocycles. The molecule has 0 saturated heterocycles. The van der Waals surface area contributed by atoms with Crippen LogP contribution in [0.5, 0.6) is 11.5 Å². The van der Waals surface area contributed by atoms with E-state index >= 15 is 0 Å². The van der Waals surface area contributed by atoms with Crippen LogP contribution in [-0.2, 0) is 9.80 Å². The van der Waals surface area contributed by atoms with Crippen molar-refractivity contribution in [2.24, 2.45) is 0 Å². The minimum absolute atomic E-state index is 0.312. The highest BCUT2D eigenvalue weighted by Crippen LogP contribution is 2.36. The number of hydrogen-bond acceptors (Lipinski definition) is 6. The highest BCUT2D eigenvalue weighted by atomic mass is 32.2. The average molecular weight is 373 g/mol. The third-order valence-corrected chi connectivity index (χ3v) is 4.32. The van der Waals surface area contributed by atoms with Gasteiger partial charge in [-0.3, -0.25) is 0 Å². The van der Waals surface area contributed by atoms with Crippen LogP contribution in [-0.4, -0.2) is 30.5 Å². The van der Waals surface area contributed by atoms with Gasteiger partial charge in [-0.25, -0.2) is 9.00 Å². The maximum Gasteiger partial charge on any atom is 0.338 e. The van der Waals surface area contributed by atoms with Gasteiger partial charge in [-0.2, -0.15) is 0 Å². The number of nitrogens with zero attached hydrogens (tertiary/aromatic N) is 1. The van der Waals surface area contributed by atoms with Crippen molar-refractivity contribution in [2.45, 2.75) is 0 Å². The van der Waals surface area contributed by atoms with Gasteiger partial charge in [0.05, 0.1) is 12.8 Å². The van der Waals surface area contributed by atoms with Crippen molar-refractivity contribution in [3.8, 4) is 11.5 Å². The molecule has 1 unspecified atom stereocenters. The van der Waals surface area contributed by atoms with E-state index in [0.29, 0.717) is 22.8 Å². The Morgan fingerprint density at radius 2 is 1.85 bits per heavy atom. The van der Waals surface area contributed by atoms with Crippen molar-refractivity contribution in [2.75, 3.05) is 25.3 Å². The predicted molar refractivity (Wildman–Crippen MR) is 105 cm³/mol. The highest BCUT2D eigenvalue weighted by molar-refractivity contribution is 7.95. The summed E-state index contributed by atoms with van der Waals surface area (Å²) >= 11 is 0. The molecule has 26 heavy (non-hydrogen) atoms. The molecule has 0 aliphatic rings. The first-order chi connectivity index (χ1) is 12.3. The first-order valence-electron chi connectivity index (χ1n) is 7.75. The van der Waals surface area contributed by atoms with Crippen LogP contribution in [0.3, 0.4) is 0 Å². The van der Waals surface area contributed by atoms with E-state index in [2.05, 4.69) is 5.87 Å². The normalized spacial score (nSPS) is 13.2. The van der Waals surface area contributed by atoms with Crippen LogP contribution in [0.4, 0.5) is 11.4 Å². The summed E-state index contributed by atoms with van der Waals surface area (Å²) in [6.45, 7) is 0. The van der Waals surface area contributed by atoms with E-state index in [9.17, 15) is 9.00 Å². The lowest BCUT2D eigenvalue weighted by atomic mass is 10.1. The van der Waals surface area contributed by atoms with E-state index < -0.39 is 15.4 Å². The van der Waals surface area contributed by atoms with Gasteiger partial charge in [-0.15, -0.1) is 0 Å². The molecule has 136 valence electrons. The molecule has 0 amide bonds. The summed E-state index contributed by atoms with van der Waals surface area (Å²) in [5, 5.41) is 0.796. The smallest absolute Gasteiger partial charge is 0.338 e. The number of rotatable bonds is 5. The minimum atomic E-state index is -2.72. The summed E-state index contributed by atoms with van der Waals surface area (Å²) in [5.41, 5.74) is 1.46. The van der Waals surface area contributed by atoms with Crippen LogP contribution in [0.25, 0.3) is 11.0 Å². The molecule has 0 fully saturated rings. The van der Waals surface area contributed by atoms with Crippen LogP contribution in [0.1, 0.15) is 0 Å². The third kappa shape index (κ3) is 3.67. The molecule has 3 aromatic rings. The monoisotopic (exact) mass is 373 g/mol. The largest absolute Gasteiger partial charge is 0.493 e. The molecule has 0 aliphatic carbocycles. The average Bonchev–Trinajstić information content (AvgIpc) is 2.59. The van der Waals surface area contributed by atoms with Gasteiger partial charge in [0.1, 0.15) is 15.4 Å². The van der Waals surface area contributed by atoms with Crippen LogP contribution >= 0.6 is 0 Å². The Balaban J connectivity index is 2.13. The van der Waals surface area contributed by atoms with E-state index in [-0.39, 0.29) is 0 Å². The number of para-hydroxylation sites is 1. The van der Waals surface area contributed by atoms with Gasteiger partial charge in [-0.1, -0.05) is 12.1 Å². The van der Waals surface area contributed by atoms with Crippen LogP contribution in [0.15, 0.2) is 57.7 Å². The number of ether oxygens (including phenoxy) is 1. The van der Waals surface area contributed by atoms with Gasteiger partial charge < -0.3 is 18.2 Å². The topological polar surface area (TPSA) is 69.0 Å². The van der Waals surface area contributed by atoms with E-state index in [1.54, 1.807) is 24.3 Å². The summed E-state index contributed by atoms with van der Waals surface area (Å²) in [6, 6.07) is 13.9. The highest BCUT2D eigenvalue weighted by Gasteiger charge is 2.15. The molecule has 6 nitrogen and oxygen atoms in total. The standard InChI is InChI=1S/C19H19NO5S/c1-20(15-12-19(21)24-16-8-6-5-7-14(15)16)13-9-10-17(23-2)18(11-13)25-26(3,4)22/h5-12H,3H2,1-2,4H3. The van der Waals surface area contributed by atoms with Gasteiger partial charge >= 0.3 is 5.63 Å². The molecule has 0 aliphatic heterocycles. The zero-order chi connectivity index (χ0) is 18.9. The number of anilines is 2. The lowest BCUT2D eigenvalue weighted by Crippen LogP contribution is -2.13. The van der Waals surface area contributed by atoms with Gasteiger partial charge in [0.15, 0.2) is 11.5 Å². The second-order valence-corrected chi connectivity index (χ2v) is 7.87. The third-order valence-electron chi connectivity index (χ3n) is 3.79. The Kier molecular flexibility index (Phi) is 4.65. The Labute approximate surface area is 151 Å². The first kappa shape index (κ1) is 17.9. The van der Waals surface area contributed by atoms with Gasteiger partial charge in [0, 0.05) is 36.5 Å². The maximum atomic E-state index is 11.9. The molecular weight excluding hydrogens is 354 g/mol. The fourth-order valence-corrected chi connectivity index (χ4v) is 3.15. The van der Waals surface area contributed by atoms with E-state index in [1.165, 1.54) is 19.4 Å². The summed E-state index contributed by atoms with van der Waals surface area (Å²) < 4.78 is 27.9. The zero-order valence-electron chi connectivity index (χ0n) is 14.7. The first-order valence-corrected chi connectivity index (χ1v) is 9.81. The second kappa shape index (κ2) is 6.76. The summed E-state index contributed by atoms with van der Waals surface area (Å²) in [5.74, 6) is 4.26. The van der Waals surface area contributed by atoms with Gasteiger partial charge in [0.25, 0.3) is 0 Å². The summed E-state index contributed by atoms with van der Waals surface area (Å²) in [4.78, 5) is 13.7. The molecule has 0 radical (unpaired) electrons. The molecule has 0 N–H and O–H groups in total. The molecule has 1 heterocycles. The molecule has 1 atom stereocenters. The van der Waals surface area contributed by atoms with Gasteiger partial charge in [0.2, 0.25) is 0 Å². The van der Waals surface area contributed by atoms with Crippen molar-refractivity contribution in [3.63, 3.8) is 0 Å². The molecule has 0 saturated carbocycles. The summed E-state index contributed by atoms with van der Waals surface area (Å²) in [6.07, 6.45) is 1.40. The lowest BCUT2D eigenvalue weighted by molar-refractivity contribution is 0.396. The zero-order valence-corrected chi connectivity index (χ0v) is 15.5. The van der Waals surface area contributed by atoms with Crippen molar-refractivity contribution in [3.05, 3.63) is 59.0 Å². The van der Waals surface area contributed by atoms with E-state index in [1.807, 2.05) is 30.1 Å². The van der Waals surface area contributed by atoms with Crippen LogP contribution < -0.4 is 19.4 Å². The molecule has 0 bridgehead atoms. The number of methoxy groups -OCH3 is 1. The lowest BCUT2D eigenvalue weighted by Gasteiger charge is -2.22. The van der Waals surface area contributed by atoms with E-state index in [0.717, 1.165) is 11.1 Å². The van der Waals surface area contributed by atoms with Gasteiger partial charge in [-0.05, 0) is 30.1 Å². The van der Waals surface area contributed by atoms with Crippen molar-refractivity contribution in [1.29, 1.82) is 0 Å². The molecule has 2 aromatic carbocycles. The number of fused-ring (bicyclic) bond motifs is 1. The Morgan fingerprint density at radius 3 is 2.54 bits per heavy atom. The van der Waals surface area contributed by atoms with Crippen molar-refractivity contribution >= 4 is 38.0 Å². The Morgan fingerprint density at radius 1 is 1.12 bits per heavy atom. The van der Waals surface area contributed by atoms with Crippen molar-refractivity contribution < 1.29 is 17.5 Å². The van der Waals surface area contributed by atoms with Crippen LogP contribution in [0.2, 0.25) is 0 Å². The van der Waals surface area contributed by atoms with E-state index in [4.69, 9.17) is 13.3 Å². The number of benzene rings is 2. The predicted octanol–water partition coefficient (Wildman–Crippen LogP) is 3.21. The molecular formula is C19H19NO5S.